The van der Waals surface area contributed by atoms with Gasteiger partial charge in [0.1, 0.15) is 11.5 Å². The average molecular weight is 391 g/mol. The van der Waals surface area contributed by atoms with Gasteiger partial charge in [-0.3, -0.25) is 9.38 Å². The van der Waals surface area contributed by atoms with Crippen molar-refractivity contribution in [3.8, 4) is 11.4 Å². The molecule has 0 amide bonds. The number of nitrogens with zero attached hydrogens (tertiary/aromatic N) is 4. The molecule has 3 aromatic heterocycles. The third-order valence-electron chi connectivity index (χ3n) is 4.12. The van der Waals surface area contributed by atoms with Crippen LogP contribution < -0.4 is 10.6 Å². The standard InChI is InChI=1S/C16H20N6OS.C2H6O/c1-16(2,23)13-9-22-12(7-19-15(22)24-13)11-6-18-8-14(21-11)20-10-3-4-17-5-10;1-3-2/h6-10,17,23H,3-5H2,1-2H3,(H,20,21);1-2H3. The van der Waals surface area contributed by atoms with E-state index in [1.165, 1.54) is 11.3 Å². The maximum atomic E-state index is 10.2. The first-order valence-electron chi connectivity index (χ1n) is 8.82. The Kier molecular flexibility index (Phi) is 6.05. The second-order valence-electron chi connectivity index (χ2n) is 6.98. The molecule has 1 aliphatic rings. The zero-order valence-corrected chi connectivity index (χ0v) is 16.9. The summed E-state index contributed by atoms with van der Waals surface area (Å²) in [4.78, 5) is 15.1. The van der Waals surface area contributed by atoms with E-state index in [0.29, 0.717) is 6.04 Å². The summed E-state index contributed by atoms with van der Waals surface area (Å²) >= 11 is 1.48. The van der Waals surface area contributed by atoms with Crippen LogP contribution in [-0.2, 0) is 10.3 Å². The number of imidazole rings is 1. The van der Waals surface area contributed by atoms with E-state index in [4.69, 9.17) is 0 Å². The van der Waals surface area contributed by atoms with Crippen LogP contribution in [0.3, 0.4) is 0 Å². The molecule has 146 valence electrons. The highest BCUT2D eigenvalue weighted by Gasteiger charge is 2.22. The van der Waals surface area contributed by atoms with Crippen molar-refractivity contribution in [2.45, 2.75) is 31.9 Å². The second kappa shape index (κ2) is 8.30. The first kappa shape index (κ1) is 19.7. The van der Waals surface area contributed by atoms with Crippen LogP contribution in [0.15, 0.2) is 24.8 Å². The van der Waals surface area contributed by atoms with Crippen LogP contribution >= 0.6 is 11.3 Å². The van der Waals surface area contributed by atoms with Crippen molar-refractivity contribution in [1.29, 1.82) is 0 Å². The largest absolute Gasteiger partial charge is 0.388 e. The minimum absolute atomic E-state index is 0.392. The molecule has 4 heterocycles. The summed E-state index contributed by atoms with van der Waals surface area (Å²) in [5, 5.41) is 16.9. The molecule has 1 fully saturated rings. The van der Waals surface area contributed by atoms with Crippen LogP contribution in [0.25, 0.3) is 16.3 Å². The molecule has 0 saturated carbocycles. The Bertz CT molecular complexity index is 879. The Morgan fingerprint density at radius 3 is 2.78 bits per heavy atom. The third kappa shape index (κ3) is 4.62. The van der Waals surface area contributed by atoms with Gasteiger partial charge in [0.25, 0.3) is 0 Å². The van der Waals surface area contributed by atoms with Crippen LogP contribution in [0.4, 0.5) is 5.82 Å². The van der Waals surface area contributed by atoms with Crippen molar-refractivity contribution in [3.63, 3.8) is 0 Å². The number of fused-ring (bicyclic) bond motifs is 1. The Morgan fingerprint density at radius 1 is 1.33 bits per heavy atom. The predicted molar refractivity (Wildman–Crippen MR) is 107 cm³/mol. The van der Waals surface area contributed by atoms with Gasteiger partial charge < -0.3 is 20.5 Å². The summed E-state index contributed by atoms with van der Waals surface area (Å²) < 4.78 is 6.21. The molecule has 3 aromatic rings. The van der Waals surface area contributed by atoms with E-state index in [1.807, 2.05) is 10.6 Å². The number of ether oxygens (including phenoxy) is 1. The van der Waals surface area contributed by atoms with Gasteiger partial charge in [-0.25, -0.2) is 9.97 Å². The van der Waals surface area contributed by atoms with Crippen molar-refractivity contribution < 1.29 is 9.84 Å². The van der Waals surface area contributed by atoms with E-state index in [1.54, 1.807) is 46.7 Å². The zero-order chi connectivity index (χ0) is 19.4. The molecule has 4 rings (SSSR count). The van der Waals surface area contributed by atoms with E-state index in [9.17, 15) is 5.11 Å². The fourth-order valence-electron chi connectivity index (χ4n) is 2.80. The lowest BCUT2D eigenvalue weighted by molar-refractivity contribution is 0.0822. The van der Waals surface area contributed by atoms with E-state index in [2.05, 4.69) is 30.3 Å². The van der Waals surface area contributed by atoms with Gasteiger partial charge in [-0.05, 0) is 26.8 Å². The van der Waals surface area contributed by atoms with Crippen LogP contribution in [0.5, 0.6) is 0 Å². The number of thiazole rings is 1. The van der Waals surface area contributed by atoms with Crippen molar-refractivity contribution in [1.82, 2.24) is 24.7 Å². The van der Waals surface area contributed by atoms with Crippen LogP contribution in [0.1, 0.15) is 25.1 Å². The Hall–Kier alpha value is -2.07. The van der Waals surface area contributed by atoms with Gasteiger partial charge >= 0.3 is 0 Å². The molecule has 1 unspecified atom stereocenters. The quantitative estimate of drug-likeness (QED) is 0.628. The number of nitrogens with one attached hydrogen (secondary N) is 2. The lowest BCUT2D eigenvalue weighted by Crippen LogP contribution is -2.22. The topological polar surface area (TPSA) is 96.6 Å². The number of hydrogen-bond donors (Lipinski definition) is 3. The summed E-state index contributed by atoms with van der Waals surface area (Å²) in [6, 6.07) is 0.392. The predicted octanol–water partition coefficient (Wildman–Crippen LogP) is 2.12. The molecule has 1 aliphatic heterocycles. The fourth-order valence-corrected chi connectivity index (χ4v) is 3.76. The highest BCUT2D eigenvalue weighted by Crippen LogP contribution is 2.31. The SMILES string of the molecule is CC(C)(O)c1cn2c(-c3cncc(NC4CCNC4)n3)cnc2s1.COC. The smallest absolute Gasteiger partial charge is 0.194 e. The molecular formula is C18H26N6O2S. The number of aromatic nitrogens is 4. The number of anilines is 1. The van der Waals surface area contributed by atoms with E-state index >= 15 is 0 Å². The normalized spacial score (nSPS) is 17.0. The van der Waals surface area contributed by atoms with Gasteiger partial charge in [0, 0.05) is 33.0 Å². The summed E-state index contributed by atoms with van der Waals surface area (Å²) in [7, 11) is 3.25. The molecule has 1 atom stereocenters. The van der Waals surface area contributed by atoms with Crippen LogP contribution in [0.2, 0.25) is 0 Å². The molecule has 0 aromatic carbocycles. The first-order valence-corrected chi connectivity index (χ1v) is 9.63. The summed E-state index contributed by atoms with van der Waals surface area (Å²) in [5.41, 5.74) is 0.753. The number of methoxy groups -OCH3 is 1. The van der Waals surface area contributed by atoms with Crippen molar-refractivity contribution in [2.24, 2.45) is 0 Å². The minimum Gasteiger partial charge on any atom is -0.388 e. The highest BCUT2D eigenvalue weighted by molar-refractivity contribution is 7.17. The molecular weight excluding hydrogens is 364 g/mol. The Morgan fingerprint density at radius 2 is 2.11 bits per heavy atom. The van der Waals surface area contributed by atoms with Crippen molar-refractivity contribution in [2.75, 3.05) is 32.6 Å². The summed E-state index contributed by atoms with van der Waals surface area (Å²) in [6.07, 6.45) is 8.29. The van der Waals surface area contributed by atoms with Gasteiger partial charge in [-0.1, -0.05) is 11.3 Å². The molecule has 0 aliphatic carbocycles. The molecule has 0 bridgehead atoms. The summed E-state index contributed by atoms with van der Waals surface area (Å²) in [5.74, 6) is 0.772. The Labute approximate surface area is 162 Å². The molecule has 0 spiro atoms. The molecule has 3 N–H and O–H groups in total. The maximum absolute atomic E-state index is 10.2. The minimum atomic E-state index is -0.882. The fraction of sp³-hybridized carbons (Fsp3) is 0.500. The van der Waals surface area contributed by atoms with E-state index in [0.717, 1.165) is 46.6 Å². The van der Waals surface area contributed by atoms with Crippen molar-refractivity contribution in [3.05, 3.63) is 29.7 Å². The molecule has 0 radical (unpaired) electrons. The van der Waals surface area contributed by atoms with Gasteiger partial charge in [-0.2, -0.15) is 0 Å². The van der Waals surface area contributed by atoms with Crippen LogP contribution in [0, 0.1) is 0 Å². The molecule has 8 nitrogen and oxygen atoms in total. The van der Waals surface area contributed by atoms with Crippen LogP contribution in [-0.4, -0.2) is 57.8 Å². The number of hydrogen-bond acceptors (Lipinski definition) is 8. The number of aliphatic hydroxyl groups is 1. The average Bonchev–Trinajstić information content (AvgIpc) is 3.31. The Balaban J connectivity index is 0.000000659. The van der Waals surface area contributed by atoms with E-state index in [-0.39, 0.29) is 0 Å². The third-order valence-corrected chi connectivity index (χ3v) is 5.43. The number of rotatable bonds is 4. The monoisotopic (exact) mass is 390 g/mol. The molecule has 27 heavy (non-hydrogen) atoms. The van der Waals surface area contributed by atoms with Gasteiger partial charge in [-0.15, -0.1) is 0 Å². The highest BCUT2D eigenvalue weighted by atomic mass is 32.1. The van der Waals surface area contributed by atoms with Gasteiger partial charge in [0.15, 0.2) is 4.96 Å². The lowest BCUT2D eigenvalue weighted by atomic mass is 10.1. The zero-order valence-electron chi connectivity index (χ0n) is 16.1. The lowest BCUT2D eigenvalue weighted by Gasteiger charge is -2.13. The van der Waals surface area contributed by atoms with E-state index < -0.39 is 5.60 Å². The summed E-state index contributed by atoms with van der Waals surface area (Å²) in [6.45, 7) is 5.53. The molecule has 9 heteroatoms. The first-order chi connectivity index (χ1) is 12.9. The van der Waals surface area contributed by atoms with Crippen molar-refractivity contribution >= 4 is 22.1 Å². The van der Waals surface area contributed by atoms with Gasteiger partial charge in [0.05, 0.1) is 34.8 Å². The maximum Gasteiger partial charge on any atom is 0.194 e. The molecule has 1 saturated heterocycles. The second-order valence-corrected chi connectivity index (χ2v) is 7.99. The van der Waals surface area contributed by atoms with Gasteiger partial charge in [0.2, 0.25) is 0 Å².